The molecule has 1 heterocycles. The van der Waals surface area contributed by atoms with E-state index in [0.29, 0.717) is 16.8 Å². The number of sulfonamides is 1. The van der Waals surface area contributed by atoms with Gasteiger partial charge < -0.3 is 5.32 Å². The van der Waals surface area contributed by atoms with E-state index in [1.165, 1.54) is 15.6 Å². The highest BCUT2D eigenvalue weighted by Crippen LogP contribution is 2.28. The van der Waals surface area contributed by atoms with Gasteiger partial charge in [0.1, 0.15) is 4.21 Å². The molecule has 0 aliphatic rings. The van der Waals surface area contributed by atoms with Crippen molar-refractivity contribution in [2.24, 2.45) is 0 Å². The summed E-state index contributed by atoms with van der Waals surface area (Å²) in [6.07, 6.45) is 3.07. The fourth-order valence-electron chi connectivity index (χ4n) is 1.95. The van der Waals surface area contributed by atoms with Crippen LogP contribution in [-0.4, -0.2) is 32.4 Å². The molecule has 0 amide bonds. The fraction of sp³-hybridized carbons (Fsp3) is 0.733. The van der Waals surface area contributed by atoms with E-state index in [9.17, 15) is 8.42 Å². The second kappa shape index (κ2) is 8.27. The standard InChI is InChI=1S/C15H28N2O2S2/c1-6-7-8-9-17(5)21(18,19)15-10-13(4)14(20-15)11-16-12(2)3/h10,12,16H,6-9,11H2,1-5H3. The van der Waals surface area contributed by atoms with Crippen LogP contribution in [-0.2, 0) is 16.6 Å². The Morgan fingerprint density at radius 2 is 2.00 bits per heavy atom. The monoisotopic (exact) mass is 332 g/mol. The van der Waals surface area contributed by atoms with E-state index in [2.05, 4.69) is 26.1 Å². The van der Waals surface area contributed by atoms with Gasteiger partial charge in [0.2, 0.25) is 0 Å². The predicted octanol–water partition coefficient (Wildman–Crippen LogP) is 3.37. The lowest BCUT2D eigenvalue weighted by Crippen LogP contribution is -2.27. The van der Waals surface area contributed by atoms with Crippen molar-refractivity contribution in [3.63, 3.8) is 0 Å². The summed E-state index contributed by atoms with van der Waals surface area (Å²) < 4.78 is 27.0. The average molecular weight is 333 g/mol. The van der Waals surface area contributed by atoms with Gasteiger partial charge >= 0.3 is 0 Å². The molecule has 21 heavy (non-hydrogen) atoms. The molecule has 0 saturated heterocycles. The molecule has 0 atom stereocenters. The van der Waals surface area contributed by atoms with Crippen LogP contribution in [0.25, 0.3) is 0 Å². The first-order valence-corrected chi connectivity index (χ1v) is 9.83. The average Bonchev–Trinajstić information content (AvgIpc) is 2.78. The van der Waals surface area contributed by atoms with Crippen LogP contribution in [0.4, 0.5) is 0 Å². The van der Waals surface area contributed by atoms with Gasteiger partial charge in [0.05, 0.1) is 0 Å². The number of rotatable bonds is 9. The van der Waals surface area contributed by atoms with E-state index in [-0.39, 0.29) is 0 Å². The lowest BCUT2D eigenvalue weighted by atomic mass is 10.2. The Hall–Kier alpha value is -0.430. The van der Waals surface area contributed by atoms with E-state index in [4.69, 9.17) is 0 Å². The van der Waals surface area contributed by atoms with Crippen molar-refractivity contribution < 1.29 is 8.42 Å². The molecule has 6 heteroatoms. The van der Waals surface area contributed by atoms with E-state index in [1.54, 1.807) is 13.1 Å². The highest BCUT2D eigenvalue weighted by atomic mass is 32.2. The van der Waals surface area contributed by atoms with Crippen molar-refractivity contribution in [3.05, 3.63) is 16.5 Å². The number of hydrogen-bond donors (Lipinski definition) is 1. The van der Waals surface area contributed by atoms with Gasteiger partial charge in [0.25, 0.3) is 10.0 Å². The van der Waals surface area contributed by atoms with Gasteiger partial charge in [0, 0.05) is 31.1 Å². The van der Waals surface area contributed by atoms with Crippen molar-refractivity contribution >= 4 is 21.4 Å². The topological polar surface area (TPSA) is 49.4 Å². The van der Waals surface area contributed by atoms with Crippen LogP contribution in [0.1, 0.15) is 50.5 Å². The number of hydrogen-bond acceptors (Lipinski definition) is 4. The smallest absolute Gasteiger partial charge is 0.252 e. The molecule has 0 unspecified atom stereocenters. The van der Waals surface area contributed by atoms with Gasteiger partial charge in [-0.2, -0.15) is 0 Å². The third-order valence-corrected chi connectivity index (χ3v) is 6.95. The summed E-state index contributed by atoms with van der Waals surface area (Å²) >= 11 is 1.38. The minimum atomic E-state index is -3.34. The number of nitrogens with one attached hydrogen (secondary N) is 1. The van der Waals surface area contributed by atoms with Crippen molar-refractivity contribution in [2.45, 2.75) is 63.8 Å². The first kappa shape index (κ1) is 18.6. The number of aryl methyl sites for hydroxylation is 1. The molecule has 0 radical (unpaired) electrons. The molecule has 0 aromatic carbocycles. The van der Waals surface area contributed by atoms with E-state index >= 15 is 0 Å². The summed E-state index contributed by atoms with van der Waals surface area (Å²) in [5.41, 5.74) is 1.05. The van der Waals surface area contributed by atoms with Crippen LogP contribution in [0.15, 0.2) is 10.3 Å². The molecule has 4 nitrogen and oxygen atoms in total. The zero-order chi connectivity index (χ0) is 16.0. The lowest BCUT2D eigenvalue weighted by Gasteiger charge is -2.15. The molecule has 0 aliphatic heterocycles. The van der Waals surface area contributed by atoms with Crippen LogP contribution in [0.3, 0.4) is 0 Å². The van der Waals surface area contributed by atoms with Crippen molar-refractivity contribution in [3.8, 4) is 0 Å². The maximum Gasteiger partial charge on any atom is 0.252 e. The van der Waals surface area contributed by atoms with Gasteiger partial charge in [-0.3, -0.25) is 0 Å². The molecular weight excluding hydrogens is 304 g/mol. The number of thiophene rings is 1. The first-order chi connectivity index (χ1) is 9.78. The van der Waals surface area contributed by atoms with Crippen LogP contribution < -0.4 is 5.32 Å². The molecule has 0 saturated carbocycles. The lowest BCUT2D eigenvalue weighted by molar-refractivity contribution is 0.455. The van der Waals surface area contributed by atoms with E-state index < -0.39 is 10.0 Å². The van der Waals surface area contributed by atoms with Gasteiger partial charge in [-0.1, -0.05) is 33.6 Å². The molecule has 1 aromatic rings. The summed E-state index contributed by atoms with van der Waals surface area (Å²) in [4.78, 5) is 1.10. The van der Waals surface area contributed by atoms with E-state index in [1.807, 2.05) is 6.92 Å². The highest BCUT2D eigenvalue weighted by Gasteiger charge is 2.23. The number of nitrogens with zero attached hydrogens (tertiary/aromatic N) is 1. The Morgan fingerprint density at radius 1 is 1.33 bits per heavy atom. The minimum absolute atomic E-state index is 0.392. The van der Waals surface area contributed by atoms with Gasteiger partial charge in [0.15, 0.2) is 0 Å². The zero-order valence-electron chi connectivity index (χ0n) is 13.8. The third-order valence-electron chi connectivity index (χ3n) is 3.41. The summed E-state index contributed by atoms with van der Waals surface area (Å²) in [7, 11) is -1.66. The van der Waals surface area contributed by atoms with E-state index in [0.717, 1.165) is 36.2 Å². The fourth-order valence-corrected chi connectivity index (χ4v) is 4.91. The molecule has 0 spiro atoms. The minimum Gasteiger partial charge on any atom is -0.310 e. The maximum absolute atomic E-state index is 12.5. The molecule has 1 N–H and O–H groups in total. The maximum atomic E-state index is 12.5. The third kappa shape index (κ3) is 5.36. The summed E-state index contributed by atoms with van der Waals surface area (Å²) in [6, 6.07) is 2.19. The van der Waals surface area contributed by atoms with Crippen molar-refractivity contribution in [1.82, 2.24) is 9.62 Å². The largest absolute Gasteiger partial charge is 0.310 e. The van der Waals surface area contributed by atoms with Crippen molar-refractivity contribution in [1.29, 1.82) is 0 Å². The van der Waals surface area contributed by atoms with Crippen LogP contribution in [0, 0.1) is 6.92 Å². The molecular formula is C15H28N2O2S2. The van der Waals surface area contributed by atoms with Crippen LogP contribution in [0.5, 0.6) is 0 Å². The Kier molecular flexibility index (Phi) is 7.33. The van der Waals surface area contributed by atoms with Gasteiger partial charge in [-0.15, -0.1) is 11.3 Å². The summed E-state index contributed by atoms with van der Waals surface area (Å²) in [6.45, 7) is 9.58. The molecule has 1 rings (SSSR count). The predicted molar refractivity (Wildman–Crippen MR) is 90.4 cm³/mol. The zero-order valence-corrected chi connectivity index (χ0v) is 15.4. The second-order valence-corrected chi connectivity index (χ2v) is 9.15. The second-order valence-electron chi connectivity index (χ2n) is 5.74. The van der Waals surface area contributed by atoms with Gasteiger partial charge in [-0.25, -0.2) is 12.7 Å². The summed E-state index contributed by atoms with van der Waals surface area (Å²) in [5, 5.41) is 3.34. The molecule has 0 bridgehead atoms. The van der Waals surface area contributed by atoms with Gasteiger partial charge in [-0.05, 0) is 25.0 Å². The molecule has 1 aromatic heterocycles. The first-order valence-electron chi connectivity index (χ1n) is 7.58. The number of unbranched alkanes of at least 4 members (excludes halogenated alkanes) is 2. The Bertz CT molecular complexity index is 536. The SMILES string of the molecule is CCCCCN(C)S(=O)(=O)c1cc(C)c(CNC(C)C)s1. The normalized spacial score (nSPS) is 12.5. The van der Waals surface area contributed by atoms with Crippen molar-refractivity contribution in [2.75, 3.05) is 13.6 Å². The molecule has 0 fully saturated rings. The summed E-state index contributed by atoms with van der Waals surface area (Å²) in [5.74, 6) is 0. The Labute approximate surface area is 133 Å². The quantitative estimate of drug-likeness (QED) is 0.705. The Balaban J connectivity index is 2.81. The Morgan fingerprint density at radius 3 is 2.57 bits per heavy atom. The molecule has 0 aliphatic carbocycles. The molecule has 122 valence electrons. The van der Waals surface area contributed by atoms with Crippen LogP contribution >= 0.6 is 11.3 Å². The highest BCUT2D eigenvalue weighted by molar-refractivity contribution is 7.91. The van der Waals surface area contributed by atoms with Crippen LogP contribution in [0.2, 0.25) is 0 Å².